The number of phenols is 1. The Hall–Kier alpha value is -1.41. The maximum atomic E-state index is 9.69. The number of hydrogen-bond donors (Lipinski definition) is 1. The van der Waals surface area contributed by atoms with Gasteiger partial charge in [0.15, 0.2) is 0 Å². The van der Waals surface area contributed by atoms with Gasteiger partial charge in [-0.1, -0.05) is 24.3 Å². The Labute approximate surface area is 99.4 Å². The smallest absolute Gasteiger partial charge is 0.127 e. The van der Waals surface area contributed by atoms with Crippen LogP contribution in [-0.2, 0) is 0 Å². The zero-order chi connectivity index (χ0) is 11.4. The first-order valence-electron chi connectivity index (χ1n) is 5.22. The highest BCUT2D eigenvalue weighted by Gasteiger charge is 2.04. The molecule has 2 aromatic carbocycles. The first-order chi connectivity index (χ1) is 7.83. The van der Waals surface area contributed by atoms with Crippen LogP contribution < -0.4 is 4.74 Å². The van der Waals surface area contributed by atoms with Crippen molar-refractivity contribution >= 4 is 22.4 Å². The van der Waals surface area contributed by atoms with Gasteiger partial charge in [-0.05, 0) is 18.6 Å². The maximum absolute atomic E-state index is 9.69. The highest BCUT2D eigenvalue weighted by atomic mass is 35.5. The van der Waals surface area contributed by atoms with E-state index in [2.05, 4.69) is 0 Å². The minimum atomic E-state index is 0.278. The molecular weight excluding hydrogens is 224 g/mol. The molecule has 0 heterocycles. The molecule has 2 nitrogen and oxygen atoms in total. The lowest BCUT2D eigenvalue weighted by Gasteiger charge is -2.09. The maximum Gasteiger partial charge on any atom is 0.127 e. The predicted octanol–water partition coefficient (Wildman–Crippen LogP) is 3.55. The van der Waals surface area contributed by atoms with Gasteiger partial charge in [-0.15, -0.1) is 11.6 Å². The van der Waals surface area contributed by atoms with Crippen LogP contribution in [0.1, 0.15) is 6.42 Å². The number of hydrogen-bond acceptors (Lipinski definition) is 2. The lowest BCUT2D eigenvalue weighted by Crippen LogP contribution is -1.98. The third-order valence-corrected chi connectivity index (χ3v) is 2.66. The summed E-state index contributed by atoms with van der Waals surface area (Å²) in [6.45, 7) is 0.596. The lowest BCUT2D eigenvalue weighted by atomic mass is 10.1. The van der Waals surface area contributed by atoms with E-state index in [1.54, 1.807) is 12.1 Å². The minimum Gasteiger partial charge on any atom is -0.507 e. The predicted molar refractivity (Wildman–Crippen MR) is 66.4 cm³/mol. The topological polar surface area (TPSA) is 29.5 Å². The fourth-order valence-corrected chi connectivity index (χ4v) is 1.73. The molecule has 0 aromatic heterocycles. The van der Waals surface area contributed by atoms with Crippen molar-refractivity contribution in [1.82, 2.24) is 0 Å². The number of alkyl halides is 1. The number of fused-ring (bicyclic) bond motifs is 1. The Morgan fingerprint density at radius 2 is 1.81 bits per heavy atom. The summed E-state index contributed by atoms with van der Waals surface area (Å²) >= 11 is 5.59. The number of halogens is 1. The average Bonchev–Trinajstić information content (AvgIpc) is 2.33. The molecule has 0 bridgehead atoms. The monoisotopic (exact) mass is 236 g/mol. The summed E-state index contributed by atoms with van der Waals surface area (Å²) in [5.41, 5.74) is 0. The number of aromatic hydroxyl groups is 1. The fraction of sp³-hybridized carbons (Fsp3) is 0.231. The Morgan fingerprint density at radius 3 is 2.56 bits per heavy atom. The van der Waals surface area contributed by atoms with Crippen molar-refractivity contribution in [2.75, 3.05) is 12.5 Å². The van der Waals surface area contributed by atoms with E-state index in [0.717, 1.165) is 22.9 Å². The quantitative estimate of drug-likeness (QED) is 0.650. The molecule has 0 fully saturated rings. The number of rotatable bonds is 4. The molecule has 0 amide bonds. The van der Waals surface area contributed by atoms with Crippen molar-refractivity contribution in [3.8, 4) is 11.5 Å². The van der Waals surface area contributed by atoms with Crippen molar-refractivity contribution in [3.63, 3.8) is 0 Å². The van der Waals surface area contributed by atoms with Crippen LogP contribution >= 0.6 is 11.6 Å². The molecule has 2 rings (SSSR count). The van der Waals surface area contributed by atoms with Gasteiger partial charge in [-0.2, -0.15) is 0 Å². The van der Waals surface area contributed by atoms with Gasteiger partial charge < -0.3 is 9.84 Å². The fourth-order valence-electron chi connectivity index (χ4n) is 1.62. The van der Waals surface area contributed by atoms with Gasteiger partial charge in [-0.3, -0.25) is 0 Å². The molecule has 0 spiro atoms. The summed E-state index contributed by atoms with van der Waals surface area (Å²) < 4.78 is 5.62. The van der Waals surface area contributed by atoms with Gasteiger partial charge in [0.2, 0.25) is 0 Å². The summed E-state index contributed by atoms with van der Waals surface area (Å²) in [6.07, 6.45) is 0.816. The Bertz CT molecular complexity index is 482. The highest BCUT2D eigenvalue weighted by molar-refractivity contribution is 6.17. The zero-order valence-electron chi connectivity index (χ0n) is 8.82. The van der Waals surface area contributed by atoms with Crippen LogP contribution in [0.5, 0.6) is 11.5 Å². The second kappa shape index (κ2) is 5.08. The van der Waals surface area contributed by atoms with Crippen LogP contribution in [0.25, 0.3) is 10.8 Å². The molecule has 0 atom stereocenters. The van der Waals surface area contributed by atoms with E-state index in [1.165, 1.54) is 0 Å². The van der Waals surface area contributed by atoms with Gasteiger partial charge in [0.05, 0.1) is 6.61 Å². The molecule has 0 aliphatic heterocycles. The standard InChI is InChI=1S/C13H13ClO2/c14-8-3-9-16-13-7-6-12(15)10-4-1-2-5-11(10)13/h1-2,4-7,15H,3,8-9H2. The molecule has 16 heavy (non-hydrogen) atoms. The Balaban J connectivity index is 2.35. The normalized spacial score (nSPS) is 10.6. The largest absolute Gasteiger partial charge is 0.507 e. The van der Waals surface area contributed by atoms with Crippen LogP contribution in [0.4, 0.5) is 0 Å². The molecule has 84 valence electrons. The number of phenolic OH excluding ortho intramolecular Hbond substituents is 1. The summed E-state index contributed by atoms with van der Waals surface area (Å²) in [5, 5.41) is 11.4. The molecule has 2 aromatic rings. The van der Waals surface area contributed by atoms with E-state index in [4.69, 9.17) is 16.3 Å². The Morgan fingerprint density at radius 1 is 1.06 bits per heavy atom. The zero-order valence-corrected chi connectivity index (χ0v) is 9.57. The summed E-state index contributed by atoms with van der Waals surface area (Å²) in [4.78, 5) is 0. The van der Waals surface area contributed by atoms with Gasteiger partial charge >= 0.3 is 0 Å². The first kappa shape index (κ1) is 11.1. The number of ether oxygens (including phenoxy) is 1. The van der Waals surface area contributed by atoms with Crippen molar-refractivity contribution in [2.45, 2.75) is 6.42 Å². The summed E-state index contributed by atoms with van der Waals surface area (Å²) in [6, 6.07) is 11.1. The molecule has 0 aliphatic carbocycles. The van der Waals surface area contributed by atoms with Gasteiger partial charge in [0.25, 0.3) is 0 Å². The summed E-state index contributed by atoms with van der Waals surface area (Å²) in [5.74, 6) is 1.66. The highest BCUT2D eigenvalue weighted by Crippen LogP contribution is 2.32. The van der Waals surface area contributed by atoms with Crippen LogP contribution in [0, 0.1) is 0 Å². The molecule has 0 aliphatic rings. The molecule has 0 unspecified atom stereocenters. The van der Waals surface area contributed by atoms with Crippen molar-refractivity contribution in [3.05, 3.63) is 36.4 Å². The van der Waals surface area contributed by atoms with Crippen molar-refractivity contribution < 1.29 is 9.84 Å². The molecule has 1 N–H and O–H groups in total. The molecular formula is C13H13ClO2. The second-order valence-corrected chi connectivity index (χ2v) is 3.90. The second-order valence-electron chi connectivity index (χ2n) is 3.52. The van der Waals surface area contributed by atoms with E-state index in [-0.39, 0.29) is 5.75 Å². The van der Waals surface area contributed by atoms with Crippen LogP contribution in [-0.4, -0.2) is 17.6 Å². The molecule has 0 saturated heterocycles. The van der Waals surface area contributed by atoms with E-state index >= 15 is 0 Å². The summed E-state index contributed by atoms with van der Waals surface area (Å²) in [7, 11) is 0. The van der Waals surface area contributed by atoms with E-state index in [1.807, 2.05) is 24.3 Å². The molecule has 0 saturated carbocycles. The third-order valence-electron chi connectivity index (χ3n) is 2.40. The van der Waals surface area contributed by atoms with E-state index in [9.17, 15) is 5.11 Å². The van der Waals surface area contributed by atoms with Gasteiger partial charge in [0, 0.05) is 16.7 Å². The van der Waals surface area contributed by atoms with Gasteiger partial charge in [0.1, 0.15) is 11.5 Å². The van der Waals surface area contributed by atoms with E-state index < -0.39 is 0 Å². The SMILES string of the molecule is Oc1ccc(OCCCCl)c2ccccc12. The molecule has 3 heteroatoms. The minimum absolute atomic E-state index is 0.278. The first-order valence-corrected chi connectivity index (χ1v) is 5.76. The average molecular weight is 237 g/mol. The molecule has 0 radical (unpaired) electrons. The Kier molecular flexibility index (Phi) is 3.52. The third kappa shape index (κ3) is 2.22. The van der Waals surface area contributed by atoms with E-state index in [0.29, 0.717) is 12.5 Å². The van der Waals surface area contributed by atoms with Crippen molar-refractivity contribution in [2.24, 2.45) is 0 Å². The van der Waals surface area contributed by atoms with Crippen LogP contribution in [0.3, 0.4) is 0 Å². The lowest BCUT2D eigenvalue weighted by molar-refractivity contribution is 0.321. The number of benzene rings is 2. The van der Waals surface area contributed by atoms with Crippen LogP contribution in [0.2, 0.25) is 0 Å². The van der Waals surface area contributed by atoms with Crippen LogP contribution in [0.15, 0.2) is 36.4 Å². The van der Waals surface area contributed by atoms with Gasteiger partial charge in [-0.25, -0.2) is 0 Å². The van der Waals surface area contributed by atoms with Crippen molar-refractivity contribution in [1.29, 1.82) is 0 Å².